The van der Waals surface area contributed by atoms with Crippen LogP contribution in [0.1, 0.15) is 33.6 Å². The van der Waals surface area contributed by atoms with Crippen molar-refractivity contribution in [3.8, 4) is 5.75 Å². The molecule has 4 rings (SSSR count). The summed E-state index contributed by atoms with van der Waals surface area (Å²) in [5.74, 6) is 0.690. The number of morpholine rings is 1. The highest BCUT2D eigenvalue weighted by Crippen LogP contribution is 2.22. The predicted molar refractivity (Wildman–Crippen MR) is 101 cm³/mol. The molecule has 7 nitrogen and oxygen atoms in total. The molecule has 1 aromatic carbocycles. The smallest absolute Gasteiger partial charge is 0.257 e. The summed E-state index contributed by atoms with van der Waals surface area (Å²) in [6, 6.07) is 8.92. The largest absolute Gasteiger partial charge is 0.491 e. The van der Waals surface area contributed by atoms with Crippen LogP contribution < -0.4 is 4.74 Å². The first-order chi connectivity index (χ1) is 13.7. The summed E-state index contributed by atoms with van der Waals surface area (Å²) in [6.45, 7) is 3.58. The molecule has 0 aliphatic carbocycles. The number of ether oxygens (including phenoxy) is 2. The Hall–Kier alpha value is -2.80. The molecule has 1 aromatic heterocycles. The van der Waals surface area contributed by atoms with E-state index in [2.05, 4.69) is 0 Å². The fraction of sp³-hybridized carbons (Fsp3) is 0.429. The second-order valence-electron chi connectivity index (χ2n) is 7.05. The van der Waals surface area contributed by atoms with Gasteiger partial charge in [0.2, 0.25) is 0 Å². The fourth-order valence-corrected chi connectivity index (χ4v) is 3.66. The lowest BCUT2D eigenvalue weighted by atomic mass is 10.2. The molecule has 2 fully saturated rings. The Morgan fingerprint density at radius 3 is 2.50 bits per heavy atom. The minimum Gasteiger partial charge on any atom is -0.491 e. The average molecular weight is 384 g/mol. The van der Waals surface area contributed by atoms with E-state index in [9.17, 15) is 9.59 Å². The van der Waals surface area contributed by atoms with Gasteiger partial charge in [-0.15, -0.1) is 0 Å². The Balaban J connectivity index is 1.33. The first-order valence-electron chi connectivity index (χ1n) is 9.65. The van der Waals surface area contributed by atoms with E-state index < -0.39 is 0 Å². The van der Waals surface area contributed by atoms with Gasteiger partial charge in [-0.05, 0) is 43.2 Å². The van der Waals surface area contributed by atoms with Crippen molar-refractivity contribution in [1.82, 2.24) is 9.80 Å². The highest BCUT2D eigenvalue weighted by molar-refractivity contribution is 5.94. The molecule has 2 aliphatic rings. The fourth-order valence-electron chi connectivity index (χ4n) is 3.66. The van der Waals surface area contributed by atoms with Crippen molar-refractivity contribution in [3.05, 3.63) is 54.0 Å². The van der Waals surface area contributed by atoms with Crippen LogP contribution in [0.15, 0.2) is 47.3 Å². The van der Waals surface area contributed by atoms with Gasteiger partial charge in [-0.1, -0.05) is 0 Å². The quantitative estimate of drug-likeness (QED) is 0.792. The van der Waals surface area contributed by atoms with Crippen molar-refractivity contribution < 1.29 is 23.5 Å². The standard InChI is InChI=1S/C21H24N2O5/c24-20(22-9-12-26-13-10-22)16-3-5-19(6-4-16)28-15-18-2-1-8-23(18)21(25)17-7-11-27-14-17/h3-7,11,14,18H,1-2,8-10,12-13,15H2. The first kappa shape index (κ1) is 18.6. The van der Waals surface area contributed by atoms with Crippen molar-refractivity contribution >= 4 is 11.8 Å². The molecule has 0 bridgehead atoms. The van der Waals surface area contributed by atoms with Crippen LogP contribution >= 0.6 is 0 Å². The van der Waals surface area contributed by atoms with Gasteiger partial charge in [-0.2, -0.15) is 0 Å². The van der Waals surface area contributed by atoms with Crippen LogP contribution in [0, 0.1) is 0 Å². The number of benzene rings is 1. The van der Waals surface area contributed by atoms with E-state index in [0.717, 1.165) is 19.4 Å². The Morgan fingerprint density at radius 1 is 1.00 bits per heavy atom. The van der Waals surface area contributed by atoms with Crippen molar-refractivity contribution in [2.24, 2.45) is 0 Å². The maximum Gasteiger partial charge on any atom is 0.257 e. The van der Waals surface area contributed by atoms with Gasteiger partial charge in [0, 0.05) is 25.2 Å². The lowest BCUT2D eigenvalue weighted by Gasteiger charge is -2.27. The van der Waals surface area contributed by atoms with Gasteiger partial charge in [0.25, 0.3) is 11.8 Å². The van der Waals surface area contributed by atoms with Gasteiger partial charge in [-0.25, -0.2) is 0 Å². The van der Waals surface area contributed by atoms with Gasteiger partial charge in [0.15, 0.2) is 0 Å². The van der Waals surface area contributed by atoms with E-state index in [1.54, 1.807) is 23.1 Å². The van der Waals surface area contributed by atoms with E-state index in [4.69, 9.17) is 13.9 Å². The summed E-state index contributed by atoms with van der Waals surface area (Å²) >= 11 is 0. The third-order valence-corrected chi connectivity index (χ3v) is 5.25. The molecule has 2 amide bonds. The van der Waals surface area contributed by atoms with E-state index >= 15 is 0 Å². The van der Waals surface area contributed by atoms with Crippen LogP contribution in [-0.4, -0.2) is 67.1 Å². The van der Waals surface area contributed by atoms with Crippen LogP contribution in [0.4, 0.5) is 0 Å². The van der Waals surface area contributed by atoms with E-state index in [1.807, 2.05) is 17.0 Å². The van der Waals surface area contributed by atoms with Gasteiger partial charge in [0.05, 0.1) is 31.1 Å². The van der Waals surface area contributed by atoms with Crippen molar-refractivity contribution in [2.75, 3.05) is 39.5 Å². The topological polar surface area (TPSA) is 72.2 Å². The number of hydrogen-bond donors (Lipinski definition) is 0. The number of hydrogen-bond acceptors (Lipinski definition) is 5. The van der Waals surface area contributed by atoms with E-state index in [0.29, 0.717) is 49.8 Å². The molecule has 148 valence electrons. The second kappa shape index (κ2) is 8.48. The molecule has 2 aromatic rings. The van der Waals surface area contributed by atoms with Crippen LogP contribution in [-0.2, 0) is 4.74 Å². The third kappa shape index (κ3) is 4.04. The van der Waals surface area contributed by atoms with Crippen molar-refractivity contribution in [3.63, 3.8) is 0 Å². The molecule has 0 saturated carbocycles. The SMILES string of the molecule is O=C(c1ccc(OCC2CCCN2C(=O)c2ccoc2)cc1)N1CCOCC1. The summed E-state index contributed by atoms with van der Waals surface area (Å²) in [6.07, 6.45) is 4.86. The number of rotatable bonds is 5. The lowest BCUT2D eigenvalue weighted by molar-refractivity contribution is 0.0303. The average Bonchev–Trinajstić information content (AvgIpc) is 3.44. The second-order valence-corrected chi connectivity index (χ2v) is 7.05. The van der Waals surface area contributed by atoms with Crippen LogP contribution in [0.2, 0.25) is 0 Å². The molecule has 1 unspecified atom stereocenters. The van der Waals surface area contributed by atoms with E-state index in [1.165, 1.54) is 12.5 Å². The molecule has 2 saturated heterocycles. The molecule has 3 heterocycles. The summed E-state index contributed by atoms with van der Waals surface area (Å²) in [5.41, 5.74) is 1.21. The normalized spacial score (nSPS) is 19.6. The van der Waals surface area contributed by atoms with Crippen LogP contribution in [0.25, 0.3) is 0 Å². The predicted octanol–water partition coefficient (Wildman–Crippen LogP) is 2.44. The maximum absolute atomic E-state index is 12.6. The first-order valence-corrected chi connectivity index (χ1v) is 9.65. The van der Waals surface area contributed by atoms with Crippen molar-refractivity contribution in [1.29, 1.82) is 0 Å². The summed E-state index contributed by atoms with van der Waals surface area (Å²) in [5, 5.41) is 0. The summed E-state index contributed by atoms with van der Waals surface area (Å²) < 4.78 is 16.2. The van der Waals surface area contributed by atoms with Gasteiger partial charge in [0.1, 0.15) is 18.6 Å². The number of nitrogens with zero attached hydrogens (tertiary/aromatic N) is 2. The van der Waals surface area contributed by atoms with Gasteiger partial charge in [-0.3, -0.25) is 9.59 Å². The highest BCUT2D eigenvalue weighted by atomic mass is 16.5. The van der Waals surface area contributed by atoms with Crippen LogP contribution in [0.3, 0.4) is 0 Å². The zero-order valence-corrected chi connectivity index (χ0v) is 15.7. The Morgan fingerprint density at radius 2 is 1.79 bits per heavy atom. The molecule has 0 N–H and O–H groups in total. The third-order valence-electron chi connectivity index (χ3n) is 5.25. The molecule has 28 heavy (non-hydrogen) atoms. The number of likely N-dealkylation sites (tertiary alicyclic amines) is 1. The summed E-state index contributed by atoms with van der Waals surface area (Å²) in [4.78, 5) is 28.7. The van der Waals surface area contributed by atoms with Crippen molar-refractivity contribution in [2.45, 2.75) is 18.9 Å². The molecule has 7 heteroatoms. The molecule has 0 radical (unpaired) electrons. The molecule has 1 atom stereocenters. The van der Waals surface area contributed by atoms with Crippen LogP contribution in [0.5, 0.6) is 5.75 Å². The number of carbonyl (C=O) groups excluding carboxylic acids is 2. The van der Waals surface area contributed by atoms with E-state index in [-0.39, 0.29) is 17.9 Å². The monoisotopic (exact) mass is 384 g/mol. The number of amides is 2. The molecule has 2 aliphatic heterocycles. The molecular weight excluding hydrogens is 360 g/mol. The zero-order valence-electron chi connectivity index (χ0n) is 15.7. The molecular formula is C21H24N2O5. The zero-order chi connectivity index (χ0) is 19.3. The molecule has 0 spiro atoms. The maximum atomic E-state index is 12.6. The summed E-state index contributed by atoms with van der Waals surface area (Å²) in [7, 11) is 0. The lowest BCUT2D eigenvalue weighted by Crippen LogP contribution is -2.40. The number of carbonyl (C=O) groups is 2. The minimum absolute atomic E-state index is 0.0162. The Kier molecular flexibility index (Phi) is 5.62. The minimum atomic E-state index is -0.0219. The highest BCUT2D eigenvalue weighted by Gasteiger charge is 2.30. The van der Waals surface area contributed by atoms with Gasteiger partial charge < -0.3 is 23.7 Å². The number of furan rings is 1. The van der Waals surface area contributed by atoms with Gasteiger partial charge >= 0.3 is 0 Å². The Labute approximate surface area is 163 Å². The Bertz CT molecular complexity index is 797.